The second-order valence-corrected chi connectivity index (χ2v) is 5.20. The number of rotatable bonds is 10. The first-order valence-electron chi connectivity index (χ1n) is 8.24. The van der Waals surface area contributed by atoms with Crippen molar-refractivity contribution in [1.29, 1.82) is 0 Å². The van der Waals surface area contributed by atoms with Crippen LogP contribution in [-0.4, -0.2) is 37.6 Å². The van der Waals surface area contributed by atoms with Crippen LogP contribution in [0.5, 0.6) is 0 Å². The maximum atomic E-state index is 12.0. The van der Waals surface area contributed by atoms with Gasteiger partial charge in [-0.15, -0.1) is 0 Å². The number of ether oxygens (including phenoxy) is 2. The van der Waals surface area contributed by atoms with Gasteiger partial charge in [-0.2, -0.15) is 0 Å². The van der Waals surface area contributed by atoms with E-state index in [-0.39, 0.29) is 30.9 Å². The van der Waals surface area contributed by atoms with Gasteiger partial charge in [-0.05, 0) is 38.8 Å². The highest BCUT2D eigenvalue weighted by atomic mass is 16.5. The fourth-order valence-electron chi connectivity index (χ4n) is 2.22. The average molecular weight is 335 g/mol. The summed E-state index contributed by atoms with van der Waals surface area (Å²) in [6.45, 7) is 4.40. The largest absolute Gasteiger partial charge is 0.466 e. The van der Waals surface area contributed by atoms with E-state index >= 15 is 0 Å². The Labute approximate surface area is 142 Å². The van der Waals surface area contributed by atoms with Gasteiger partial charge in [0.15, 0.2) is 0 Å². The minimum atomic E-state index is -0.439. The molecule has 0 radical (unpaired) electrons. The molecule has 0 aliphatic rings. The summed E-state index contributed by atoms with van der Waals surface area (Å²) in [5.41, 5.74) is 0.566. The van der Waals surface area contributed by atoms with E-state index in [0.29, 0.717) is 31.6 Å². The Hall–Kier alpha value is -2.37. The molecule has 0 spiro atoms. The summed E-state index contributed by atoms with van der Waals surface area (Å²) in [6.07, 6.45) is 0.916. The zero-order valence-corrected chi connectivity index (χ0v) is 14.2. The average Bonchev–Trinajstić information content (AvgIpc) is 2.58. The van der Waals surface area contributed by atoms with Crippen LogP contribution in [0.15, 0.2) is 30.3 Å². The Morgan fingerprint density at radius 2 is 1.67 bits per heavy atom. The SMILES string of the molecule is CCOC(=O)CCC(CCNC(=O)c1ccccc1)C(=O)OCC. The Kier molecular flexibility index (Phi) is 9.19. The summed E-state index contributed by atoms with van der Waals surface area (Å²) in [5, 5.41) is 2.78. The molecule has 6 nitrogen and oxygen atoms in total. The number of carbonyl (C=O) groups is 3. The number of amides is 1. The van der Waals surface area contributed by atoms with E-state index in [9.17, 15) is 14.4 Å². The molecule has 0 bridgehead atoms. The lowest BCUT2D eigenvalue weighted by Crippen LogP contribution is -2.29. The molecule has 0 fully saturated rings. The van der Waals surface area contributed by atoms with Gasteiger partial charge in [0, 0.05) is 18.5 Å². The van der Waals surface area contributed by atoms with Crippen molar-refractivity contribution < 1.29 is 23.9 Å². The van der Waals surface area contributed by atoms with E-state index in [1.54, 1.807) is 38.1 Å². The highest BCUT2D eigenvalue weighted by molar-refractivity contribution is 5.94. The molecule has 1 rings (SSSR count). The smallest absolute Gasteiger partial charge is 0.309 e. The van der Waals surface area contributed by atoms with Crippen LogP contribution in [0.1, 0.15) is 43.5 Å². The number of carbonyl (C=O) groups excluding carboxylic acids is 3. The van der Waals surface area contributed by atoms with Crippen LogP contribution in [0.4, 0.5) is 0 Å². The van der Waals surface area contributed by atoms with E-state index in [4.69, 9.17) is 9.47 Å². The van der Waals surface area contributed by atoms with Crippen LogP contribution in [-0.2, 0) is 19.1 Å². The lowest BCUT2D eigenvalue weighted by Gasteiger charge is -2.15. The third-order valence-electron chi connectivity index (χ3n) is 3.44. The topological polar surface area (TPSA) is 81.7 Å². The van der Waals surface area contributed by atoms with E-state index < -0.39 is 5.92 Å². The molecule has 1 aromatic carbocycles. The van der Waals surface area contributed by atoms with Crippen molar-refractivity contribution in [2.24, 2.45) is 5.92 Å². The standard InChI is InChI=1S/C18H25NO5/c1-3-23-16(20)11-10-15(18(22)24-4-2)12-13-19-17(21)14-8-6-5-7-9-14/h5-9,15H,3-4,10-13H2,1-2H3,(H,19,21). The summed E-state index contributed by atoms with van der Waals surface area (Å²) in [4.78, 5) is 35.4. The molecule has 0 aliphatic carbocycles. The highest BCUT2D eigenvalue weighted by Crippen LogP contribution is 2.14. The van der Waals surface area contributed by atoms with Crippen LogP contribution in [0.3, 0.4) is 0 Å². The van der Waals surface area contributed by atoms with Crippen molar-refractivity contribution in [3.8, 4) is 0 Å². The van der Waals surface area contributed by atoms with Crippen molar-refractivity contribution in [1.82, 2.24) is 5.32 Å². The zero-order chi connectivity index (χ0) is 17.8. The molecule has 0 saturated heterocycles. The first-order valence-corrected chi connectivity index (χ1v) is 8.24. The van der Waals surface area contributed by atoms with Crippen LogP contribution in [0.2, 0.25) is 0 Å². The van der Waals surface area contributed by atoms with Crippen LogP contribution < -0.4 is 5.32 Å². The molecule has 132 valence electrons. The van der Waals surface area contributed by atoms with E-state index in [0.717, 1.165) is 0 Å². The van der Waals surface area contributed by atoms with Crippen molar-refractivity contribution in [3.63, 3.8) is 0 Å². The molecule has 1 atom stereocenters. The number of hydrogen-bond donors (Lipinski definition) is 1. The molecule has 0 aromatic heterocycles. The van der Waals surface area contributed by atoms with Crippen molar-refractivity contribution in [3.05, 3.63) is 35.9 Å². The van der Waals surface area contributed by atoms with Gasteiger partial charge >= 0.3 is 11.9 Å². The Morgan fingerprint density at radius 3 is 2.29 bits per heavy atom. The van der Waals surface area contributed by atoms with E-state index in [1.165, 1.54) is 0 Å². The second-order valence-electron chi connectivity index (χ2n) is 5.20. The van der Waals surface area contributed by atoms with Gasteiger partial charge < -0.3 is 14.8 Å². The first kappa shape index (κ1) is 19.7. The molecular formula is C18H25NO5. The summed E-state index contributed by atoms with van der Waals surface area (Å²) in [5.74, 6) is -1.31. The molecule has 1 N–H and O–H groups in total. The number of nitrogens with one attached hydrogen (secondary N) is 1. The minimum Gasteiger partial charge on any atom is -0.466 e. The van der Waals surface area contributed by atoms with Gasteiger partial charge in [0.25, 0.3) is 5.91 Å². The molecule has 0 aliphatic heterocycles. The third-order valence-corrected chi connectivity index (χ3v) is 3.44. The monoisotopic (exact) mass is 335 g/mol. The number of hydrogen-bond acceptors (Lipinski definition) is 5. The molecule has 6 heteroatoms. The van der Waals surface area contributed by atoms with Gasteiger partial charge in [0.05, 0.1) is 19.1 Å². The molecular weight excluding hydrogens is 310 g/mol. The van der Waals surface area contributed by atoms with Crippen LogP contribution >= 0.6 is 0 Å². The fraction of sp³-hybridized carbons (Fsp3) is 0.500. The van der Waals surface area contributed by atoms with E-state index in [2.05, 4.69) is 5.32 Å². The molecule has 1 aromatic rings. The first-order chi connectivity index (χ1) is 11.6. The number of benzene rings is 1. The Morgan fingerprint density at radius 1 is 1.00 bits per heavy atom. The van der Waals surface area contributed by atoms with Gasteiger partial charge in [0.1, 0.15) is 0 Å². The predicted molar refractivity (Wildman–Crippen MR) is 89.4 cm³/mol. The summed E-state index contributed by atoms with van der Waals surface area (Å²) < 4.78 is 9.91. The van der Waals surface area contributed by atoms with Crippen molar-refractivity contribution in [2.45, 2.75) is 33.1 Å². The second kappa shape index (κ2) is 11.2. The zero-order valence-electron chi connectivity index (χ0n) is 14.2. The predicted octanol–water partition coefficient (Wildman–Crippen LogP) is 2.33. The van der Waals surface area contributed by atoms with Gasteiger partial charge in [0.2, 0.25) is 0 Å². The molecule has 24 heavy (non-hydrogen) atoms. The van der Waals surface area contributed by atoms with Gasteiger partial charge in [-0.1, -0.05) is 18.2 Å². The molecule has 0 saturated carbocycles. The normalized spacial score (nSPS) is 11.4. The minimum absolute atomic E-state index is 0.157. The van der Waals surface area contributed by atoms with Crippen LogP contribution in [0, 0.1) is 5.92 Å². The Bertz CT molecular complexity index is 529. The fourth-order valence-corrected chi connectivity index (χ4v) is 2.22. The summed E-state index contributed by atoms with van der Waals surface area (Å²) >= 11 is 0. The van der Waals surface area contributed by atoms with Gasteiger partial charge in [-0.3, -0.25) is 14.4 Å². The molecule has 1 unspecified atom stereocenters. The third kappa shape index (κ3) is 7.26. The Balaban J connectivity index is 2.47. The highest BCUT2D eigenvalue weighted by Gasteiger charge is 2.21. The summed E-state index contributed by atoms with van der Waals surface area (Å²) in [7, 11) is 0. The molecule has 0 heterocycles. The van der Waals surface area contributed by atoms with Crippen molar-refractivity contribution >= 4 is 17.8 Å². The maximum Gasteiger partial charge on any atom is 0.309 e. The summed E-state index contributed by atoms with van der Waals surface area (Å²) in [6, 6.07) is 8.85. The van der Waals surface area contributed by atoms with E-state index in [1.807, 2.05) is 6.07 Å². The quantitative estimate of drug-likeness (QED) is 0.664. The van der Waals surface area contributed by atoms with Crippen LogP contribution in [0.25, 0.3) is 0 Å². The number of esters is 2. The lowest BCUT2D eigenvalue weighted by atomic mass is 9.99. The maximum absolute atomic E-state index is 12.0. The van der Waals surface area contributed by atoms with Gasteiger partial charge in [-0.25, -0.2) is 0 Å². The lowest BCUT2D eigenvalue weighted by molar-refractivity contribution is -0.149. The van der Waals surface area contributed by atoms with Crippen molar-refractivity contribution in [2.75, 3.05) is 19.8 Å². The molecule has 1 amide bonds.